The van der Waals surface area contributed by atoms with E-state index in [1.54, 1.807) is 19.2 Å². The Balaban J connectivity index is 1.71. The summed E-state index contributed by atoms with van der Waals surface area (Å²) in [6.07, 6.45) is 0. The second kappa shape index (κ2) is 8.27. The largest absolute Gasteiger partial charge is 0.487 e. The van der Waals surface area contributed by atoms with E-state index in [0.717, 1.165) is 16.7 Å². The smallest absolute Gasteiger partial charge is 0.354 e. The lowest BCUT2D eigenvalue weighted by molar-refractivity contribution is 0.0690. The average Bonchev–Trinajstić information content (AvgIpc) is 2.68. The quantitative estimate of drug-likeness (QED) is 0.693. The van der Waals surface area contributed by atoms with Crippen LogP contribution in [0.1, 0.15) is 21.7 Å². The number of carboxylic acids is 1. The van der Waals surface area contributed by atoms with Gasteiger partial charge in [-0.05, 0) is 41.0 Å². The van der Waals surface area contributed by atoms with E-state index in [2.05, 4.69) is 11.1 Å². The number of hydrogen-bond donors (Lipinski definition) is 1. The zero-order valence-corrected chi connectivity index (χ0v) is 14.4. The van der Waals surface area contributed by atoms with Gasteiger partial charge in [0.25, 0.3) is 0 Å². The second-order valence-corrected chi connectivity index (χ2v) is 5.72. The summed E-state index contributed by atoms with van der Waals surface area (Å²) in [7, 11) is 1.68. The fourth-order valence-electron chi connectivity index (χ4n) is 2.65. The third-order valence-corrected chi connectivity index (χ3v) is 3.90. The maximum Gasteiger partial charge on any atom is 0.354 e. The standard InChI is InChI=1S/C21H19NO4/c1-25-13-16-5-2-3-7-19(16)15-9-11-18(12-10-15)26-14-17-6-4-8-20(22-17)21(23)24/h2-12H,13-14H2,1H3,(H,23,24). The molecule has 5 heteroatoms. The molecule has 0 saturated heterocycles. The highest BCUT2D eigenvalue weighted by Gasteiger charge is 2.07. The van der Waals surface area contributed by atoms with Gasteiger partial charge in [0.2, 0.25) is 0 Å². The lowest BCUT2D eigenvalue weighted by Crippen LogP contribution is -2.04. The Morgan fingerprint density at radius 1 is 0.962 bits per heavy atom. The molecule has 26 heavy (non-hydrogen) atoms. The second-order valence-electron chi connectivity index (χ2n) is 5.72. The number of benzene rings is 2. The van der Waals surface area contributed by atoms with Crippen molar-refractivity contribution in [3.63, 3.8) is 0 Å². The summed E-state index contributed by atoms with van der Waals surface area (Å²) < 4.78 is 11.0. The van der Waals surface area contributed by atoms with Crippen molar-refractivity contribution in [3.8, 4) is 16.9 Å². The van der Waals surface area contributed by atoms with Crippen molar-refractivity contribution >= 4 is 5.97 Å². The predicted octanol–water partition coefficient (Wildman–Crippen LogP) is 4.17. The number of aromatic nitrogens is 1. The normalized spacial score (nSPS) is 10.5. The van der Waals surface area contributed by atoms with Crippen LogP contribution in [0, 0.1) is 0 Å². The zero-order chi connectivity index (χ0) is 18.4. The Morgan fingerprint density at radius 2 is 1.73 bits per heavy atom. The first kappa shape index (κ1) is 17.6. The number of carbonyl (C=O) groups is 1. The molecule has 0 bridgehead atoms. The summed E-state index contributed by atoms with van der Waals surface area (Å²) in [5, 5.41) is 8.98. The van der Waals surface area contributed by atoms with Crippen LogP contribution in [0.4, 0.5) is 0 Å². The molecule has 1 N–H and O–H groups in total. The van der Waals surface area contributed by atoms with Crippen molar-refractivity contribution in [1.29, 1.82) is 0 Å². The maximum absolute atomic E-state index is 11.0. The van der Waals surface area contributed by atoms with Gasteiger partial charge in [-0.1, -0.05) is 42.5 Å². The summed E-state index contributed by atoms with van der Waals surface area (Å²) in [5.41, 5.74) is 3.90. The first-order chi connectivity index (χ1) is 12.7. The molecule has 132 valence electrons. The number of carboxylic acid groups (broad SMARTS) is 1. The van der Waals surface area contributed by atoms with E-state index in [0.29, 0.717) is 18.1 Å². The van der Waals surface area contributed by atoms with Crippen molar-refractivity contribution < 1.29 is 19.4 Å². The zero-order valence-electron chi connectivity index (χ0n) is 14.4. The van der Waals surface area contributed by atoms with Crippen LogP contribution in [-0.2, 0) is 18.0 Å². The van der Waals surface area contributed by atoms with E-state index >= 15 is 0 Å². The molecule has 1 heterocycles. The van der Waals surface area contributed by atoms with E-state index in [1.807, 2.05) is 42.5 Å². The molecule has 0 unspecified atom stereocenters. The summed E-state index contributed by atoms with van der Waals surface area (Å²) >= 11 is 0. The number of aromatic carboxylic acids is 1. The molecular weight excluding hydrogens is 330 g/mol. The van der Waals surface area contributed by atoms with Crippen molar-refractivity contribution in [2.45, 2.75) is 13.2 Å². The summed E-state index contributed by atoms with van der Waals surface area (Å²) in [4.78, 5) is 15.0. The van der Waals surface area contributed by atoms with E-state index in [1.165, 1.54) is 6.07 Å². The van der Waals surface area contributed by atoms with Gasteiger partial charge in [-0.25, -0.2) is 9.78 Å². The molecule has 0 saturated carbocycles. The molecule has 0 atom stereocenters. The van der Waals surface area contributed by atoms with E-state index in [-0.39, 0.29) is 12.3 Å². The van der Waals surface area contributed by atoms with Gasteiger partial charge in [-0.3, -0.25) is 0 Å². The van der Waals surface area contributed by atoms with Crippen molar-refractivity contribution in [2.75, 3.05) is 7.11 Å². The lowest BCUT2D eigenvalue weighted by Gasteiger charge is -2.10. The lowest BCUT2D eigenvalue weighted by atomic mass is 10.00. The topological polar surface area (TPSA) is 68.7 Å². The van der Waals surface area contributed by atoms with E-state index in [4.69, 9.17) is 14.6 Å². The fraction of sp³-hybridized carbons (Fsp3) is 0.143. The molecule has 0 aliphatic carbocycles. The Kier molecular flexibility index (Phi) is 5.61. The number of ether oxygens (including phenoxy) is 2. The Bertz CT molecular complexity index is 891. The highest BCUT2D eigenvalue weighted by Crippen LogP contribution is 2.26. The van der Waals surface area contributed by atoms with Gasteiger partial charge in [0.1, 0.15) is 18.1 Å². The van der Waals surface area contributed by atoms with Crippen LogP contribution in [0.5, 0.6) is 5.75 Å². The molecule has 0 radical (unpaired) electrons. The van der Waals surface area contributed by atoms with Gasteiger partial charge in [0, 0.05) is 7.11 Å². The molecular formula is C21H19NO4. The molecule has 0 aliphatic heterocycles. The van der Waals surface area contributed by atoms with Crippen LogP contribution in [-0.4, -0.2) is 23.2 Å². The van der Waals surface area contributed by atoms with Crippen molar-refractivity contribution in [2.24, 2.45) is 0 Å². The number of pyridine rings is 1. The van der Waals surface area contributed by atoms with Crippen LogP contribution in [0.25, 0.3) is 11.1 Å². The summed E-state index contributed by atoms with van der Waals surface area (Å²) in [6, 6.07) is 20.7. The van der Waals surface area contributed by atoms with Crippen LogP contribution in [0.3, 0.4) is 0 Å². The summed E-state index contributed by atoms with van der Waals surface area (Å²) in [6.45, 7) is 0.765. The first-order valence-electron chi connectivity index (χ1n) is 8.16. The van der Waals surface area contributed by atoms with E-state index in [9.17, 15) is 4.79 Å². The molecule has 0 amide bonds. The molecule has 3 rings (SSSR count). The SMILES string of the molecule is COCc1ccccc1-c1ccc(OCc2cccc(C(=O)O)n2)cc1. The van der Waals surface area contributed by atoms with Crippen LogP contribution in [0.2, 0.25) is 0 Å². The molecule has 0 spiro atoms. The maximum atomic E-state index is 11.0. The van der Waals surface area contributed by atoms with Gasteiger partial charge in [0.15, 0.2) is 0 Å². The minimum Gasteiger partial charge on any atom is -0.487 e. The van der Waals surface area contributed by atoms with Gasteiger partial charge in [0.05, 0.1) is 12.3 Å². The Morgan fingerprint density at radius 3 is 2.46 bits per heavy atom. The number of nitrogens with zero attached hydrogens (tertiary/aromatic N) is 1. The number of hydrogen-bond acceptors (Lipinski definition) is 4. The summed E-state index contributed by atoms with van der Waals surface area (Å²) in [5.74, 6) is -0.355. The fourth-order valence-corrected chi connectivity index (χ4v) is 2.65. The average molecular weight is 349 g/mol. The first-order valence-corrected chi connectivity index (χ1v) is 8.16. The molecule has 3 aromatic rings. The Labute approximate surface area is 151 Å². The van der Waals surface area contributed by atoms with Crippen LogP contribution >= 0.6 is 0 Å². The highest BCUT2D eigenvalue weighted by atomic mass is 16.5. The van der Waals surface area contributed by atoms with Gasteiger partial charge >= 0.3 is 5.97 Å². The monoisotopic (exact) mass is 349 g/mol. The highest BCUT2D eigenvalue weighted by molar-refractivity contribution is 5.85. The predicted molar refractivity (Wildman–Crippen MR) is 98.1 cm³/mol. The molecule has 1 aromatic heterocycles. The van der Waals surface area contributed by atoms with Crippen LogP contribution in [0.15, 0.2) is 66.7 Å². The minimum atomic E-state index is -1.05. The van der Waals surface area contributed by atoms with Crippen molar-refractivity contribution in [3.05, 3.63) is 83.7 Å². The number of methoxy groups -OCH3 is 1. The van der Waals surface area contributed by atoms with Gasteiger partial charge in [-0.15, -0.1) is 0 Å². The van der Waals surface area contributed by atoms with Gasteiger partial charge < -0.3 is 14.6 Å². The third-order valence-electron chi connectivity index (χ3n) is 3.90. The third kappa shape index (κ3) is 4.26. The molecule has 5 nitrogen and oxygen atoms in total. The van der Waals surface area contributed by atoms with Gasteiger partial charge in [-0.2, -0.15) is 0 Å². The number of rotatable bonds is 7. The van der Waals surface area contributed by atoms with Crippen LogP contribution < -0.4 is 4.74 Å². The Hall–Kier alpha value is -3.18. The molecule has 2 aromatic carbocycles. The van der Waals surface area contributed by atoms with E-state index < -0.39 is 5.97 Å². The molecule has 0 fully saturated rings. The minimum absolute atomic E-state index is 0.0104. The molecule has 0 aliphatic rings. The van der Waals surface area contributed by atoms with Crippen molar-refractivity contribution in [1.82, 2.24) is 4.98 Å².